The molecule has 0 aromatic carbocycles. The smallest absolute Gasteiger partial charge is 0.333 e. The van der Waals surface area contributed by atoms with E-state index in [0.717, 1.165) is 19.3 Å². The number of methoxy groups -OCH3 is 1. The zero-order chi connectivity index (χ0) is 25.2. The molecule has 0 aromatic heterocycles. The molecule has 0 aliphatic heterocycles. The van der Waals surface area contributed by atoms with Gasteiger partial charge < -0.3 is 14.9 Å². The standard InChI is InChI=1S/C29H51NO4/c1-6-7-8-9-10-11-12-13-14-15-16-17-18-19-23(31)26(27(32)34-5)30-25-21-22-20-24(28(22,2)3)29(25,4)33/h18-19,22-24,26,31,33H,6-17,20-21H2,1-5H3/t22-,23?,24-,26?,29-/m0/s1. The van der Waals surface area contributed by atoms with Crippen molar-refractivity contribution in [1.29, 1.82) is 0 Å². The molecule has 5 heteroatoms. The van der Waals surface area contributed by atoms with Gasteiger partial charge in [-0.05, 0) is 49.9 Å². The van der Waals surface area contributed by atoms with E-state index in [9.17, 15) is 15.0 Å². The molecule has 3 rings (SSSR count). The summed E-state index contributed by atoms with van der Waals surface area (Å²) >= 11 is 0. The van der Waals surface area contributed by atoms with Crippen LogP contribution in [0.25, 0.3) is 0 Å². The van der Waals surface area contributed by atoms with Crippen molar-refractivity contribution in [2.45, 2.75) is 135 Å². The van der Waals surface area contributed by atoms with E-state index < -0.39 is 23.7 Å². The molecule has 0 amide bonds. The van der Waals surface area contributed by atoms with Crippen LogP contribution in [0, 0.1) is 17.3 Å². The Morgan fingerprint density at radius 3 is 2.12 bits per heavy atom. The molecule has 3 saturated carbocycles. The van der Waals surface area contributed by atoms with Crippen molar-refractivity contribution >= 4 is 11.7 Å². The van der Waals surface area contributed by atoms with Crippen LogP contribution in [0.1, 0.15) is 118 Å². The number of hydrogen-bond acceptors (Lipinski definition) is 5. The molecule has 0 radical (unpaired) electrons. The van der Waals surface area contributed by atoms with Crippen LogP contribution in [-0.2, 0) is 9.53 Å². The number of aliphatic hydroxyl groups is 2. The Labute approximate surface area is 208 Å². The number of fused-ring (bicyclic) bond motifs is 2. The molecular formula is C29H51NO4. The number of ether oxygens (including phenoxy) is 1. The summed E-state index contributed by atoms with van der Waals surface area (Å²) < 4.78 is 4.92. The highest BCUT2D eigenvalue weighted by atomic mass is 16.5. The van der Waals surface area contributed by atoms with Crippen molar-refractivity contribution in [3.8, 4) is 0 Å². The van der Waals surface area contributed by atoms with E-state index in [2.05, 4.69) is 25.8 Å². The number of nitrogens with zero attached hydrogens (tertiary/aromatic N) is 1. The van der Waals surface area contributed by atoms with Gasteiger partial charge in [0, 0.05) is 5.71 Å². The highest BCUT2D eigenvalue weighted by molar-refractivity contribution is 5.96. The van der Waals surface area contributed by atoms with Crippen LogP contribution >= 0.6 is 0 Å². The monoisotopic (exact) mass is 477 g/mol. The maximum absolute atomic E-state index is 12.4. The average molecular weight is 478 g/mol. The van der Waals surface area contributed by atoms with E-state index in [1.807, 2.05) is 6.08 Å². The van der Waals surface area contributed by atoms with Gasteiger partial charge in [-0.3, -0.25) is 4.99 Å². The Morgan fingerprint density at radius 1 is 1.06 bits per heavy atom. The minimum Gasteiger partial charge on any atom is -0.467 e. The van der Waals surface area contributed by atoms with Crippen molar-refractivity contribution < 1.29 is 19.7 Å². The fourth-order valence-corrected chi connectivity index (χ4v) is 5.97. The van der Waals surface area contributed by atoms with Gasteiger partial charge in [-0.25, -0.2) is 4.79 Å². The summed E-state index contributed by atoms with van der Waals surface area (Å²) in [4.78, 5) is 17.0. The minimum absolute atomic E-state index is 0.0798. The Balaban J connectivity index is 1.74. The van der Waals surface area contributed by atoms with Crippen molar-refractivity contribution in [1.82, 2.24) is 0 Å². The average Bonchev–Trinajstić information content (AvgIpc) is 2.79. The van der Waals surface area contributed by atoms with Crippen molar-refractivity contribution in [3.63, 3.8) is 0 Å². The number of allylic oxidation sites excluding steroid dienone is 1. The lowest BCUT2D eigenvalue weighted by molar-refractivity contribution is -0.144. The maximum atomic E-state index is 12.4. The molecule has 3 fully saturated rings. The first-order valence-corrected chi connectivity index (χ1v) is 13.9. The second-order valence-electron chi connectivity index (χ2n) is 11.4. The predicted octanol–water partition coefficient (Wildman–Crippen LogP) is 6.40. The molecule has 34 heavy (non-hydrogen) atoms. The first kappa shape index (κ1) is 29.0. The van der Waals surface area contributed by atoms with Gasteiger partial charge in [-0.1, -0.05) is 97.1 Å². The van der Waals surface area contributed by atoms with E-state index in [1.165, 1.54) is 71.3 Å². The van der Waals surface area contributed by atoms with Crippen LogP contribution < -0.4 is 0 Å². The largest absolute Gasteiger partial charge is 0.467 e. The summed E-state index contributed by atoms with van der Waals surface area (Å²) in [6.45, 7) is 8.45. The summed E-state index contributed by atoms with van der Waals surface area (Å²) in [7, 11) is 1.32. The van der Waals surface area contributed by atoms with Gasteiger partial charge in [-0.15, -0.1) is 0 Å². The molecule has 3 aliphatic rings. The third-order valence-corrected chi connectivity index (χ3v) is 8.54. The van der Waals surface area contributed by atoms with E-state index in [4.69, 9.17) is 4.74 Å². The van der Waals surface area contributed by atoms with Crippen LogP contribution in [0.15, 0.2) is 17.1 Å². The molecule has 5 nitrogen and oxygen atoms in total. The number of carbonyl (C=O) groups excluding carboxylic acids is 1. The predicted molar refractivity (Wildman–Crippen MR) is 140 cm³/mol. The highest BCUT2D eigenvalue weighted by Gasteiger charge is 2.61. The number of carbonyl (C=O) groups is 1. The fourth-order valence-electron chi connectivity index (χ4n) is 5.97. The molecule has 196 valence electrons. The SMILES string of the molecule is CCCCCCCCCCCCCC=CC(O)C(N=C1C[C@@H]2C[C@@H](C2(C)C)[C@]1(C)O)C(=O)OC. The normalized spacial score (nSPS) is 28.6. The lowest BCUT2D eigenvalue weighted by atomic mass is 9.44. The van der Waals surface area contributed by atoms with Crippen LogP contribution in [-0.4, -0.2) is 46.8 Å². The molecular weight excluding hydrogens is 426 g/mol. The Hall–Kier alpha value is -1.20. The molecule has 2 bridgehead atoms. The number of hydrogen-bond donors (Lipinski definition) is 2. The van der Waals surface area contributed by atoms with E-state index in [1.54, 1.807) is 13.0 Å². The molecule has 3 aliphatic carbocycles. The van der Waals surface area contributed by atoms with Gasteiger partial charge in [0.05, 0.1) is 7.11 Å². The Kier molecular flexibility index (Phi) is 11.8. The number of rotatable bonds is 16. The summed E-state index contributed by atoms with van der Waals surface area (Å²) in [5, 5.41) is 21.9. The lowest BCUT2D eigenvalue weighted by Crippen LogP contribution is -2.65. The quantitative estimate of drug-likeness (QED) is 0.153. The van der Waals surface area contributed by atoms with E-state index in [0.29, 0.717) is 18.1 Å². The molecule has 2 N–H and O–H groups in total. The zero-order valence-electron chi connectivity index (χ0n) is 22.5. The van der Waals surface area contributed by atoms with Gasteiger partial charge >= 0.3 is 5.97 Å². The minimum atomic E-state index is -1.05. The maximum Gasteiger partial charge on any atom is 0.333 e. The van der Waals surface area contributed by atoms with Gasteiger partial charge in [0.15, 0.2) is 6.04 Å². The third-order valence-electron chi connectivity index (χ3n) is 8.54. The first-order chi connectivity index (χ1) is 16.2. The van der Waals surface area contributed by atoms with Crippen molar-refractivity contribution in [3.05, 3.63) is 12.2 Å². The second-order valence-corrected chi connectivity index (χ2v) is 11.4. The summed E-state index contributed by atoms with van der Waals surface area (Å²) in [5.41, 5.74) is -0.346. The van der Waals surface area contributed by atoms with Crippen LogP contribution in [0.2, 0.25) is 0 Å². The molecule has 0 spiro atoms. The fraction of sp³-hybridized carbons (Fsp3) is 0.862. The van der Waals surface area contributed by atoms with Crippen molar-refractivity contribution in [2.24, 2.45) is 22.2 Å². The highest BCUT2D eigenvalue weighted by Crippen LogP contribution is 2.61. The molecule has 0 saturated heterocycles. The molecule has 0 aromatic rings. The third kappa shape index (κ3) is 7.65. The van der Waals surface area contributed by atoms with Crippen LogP contribution in [0.5, 0.6) is 0 Å². The van der Waals surface area contributed by atoms with Gasteiger partial charge in [0.2, 0.25) is 0 Å². The number of esters is 1. The molecule has 5 atom stereocenters. The molecule has 2 unspecified atom stereocenters. The van der Waals surface area contributed by atoms with Crippen LogP contribution in [0.4, 0.5) is 0 Å². The van der Waals surface area contributed by atoms with E-state index in [-0.39, 0.29) is 11.3 Å². The van der Waals surface area contributed by atoms with E-state index >= 15 is 0 Å². The summed E-state index contributed by atoms with van der Waals surface area (Å²) in [6.07, 6.45) is 19.5. The molecule has 0 heterocycles. The second kappa shape index (κ2) is 13.8. The van der Waals surface area contributed by atoms with Gasteiger partial charge in [0.1, 0.15) is 11.7 Å². The Morgan fingerprint density at radius 2 is 1.62 bits per heavy atom. The van der Waals surface area contributed by atoms with Crippen molar-refractivity contribution in [2.75, 3.05) is 7.11 Å². The van der Waals surface area contributed by atoms with Crippen LogP contribution in [0.3, 0.4) is 0 Å². The Bertz CT molecular complexity index is 682. The number of unbranched alkanes of at least 4 members (excludes halogenated alkanes) is 11. The summed E-state index contributed by atoms with van der Waals surface area (Å²) in [6, 6.07) is -1.03. The first-order valence-electron chi connectivity index (χ1n) is 13.9. The van der Waals surface area contributed by atoms with Gasteiger partial charge in [0.25, 0.3) is 0 Å². The lowest BCUT2D eigenvalue weighted by Gasteiger charge is -2.62. The van der Waals surface area contributed by atoms with Gasteiger partial charge in [-0.2, -0.15) is 0 Å². The number of aliphatic hydroxyl groups excluding tert-OH is 1. The zero-order valence-corrected chi connectivity index (χ0v) is 22.5. The number of aliphatic imine (C=N–C) groups is 1. The summed E-state index contributed by atoms with van der Waals surface area (Å²) in [5.74, 6) is 0.0294. The topological polar surface area (TPSA) is 79.1 Å².